The molecular formula is C6H4N4O4. The highest BCUT2D eigenvalue weighted by atomic mass is 16.7. The second kappa shape index (κ2) is 3.32. The molecule has 0 aromatic heterocycles. The average molecular weight is 196 g/mol. The third-order valence-corrected chi connectivity index (χ3v) is 1.39. The zero-order chi connectivity index (χ0) is 9.97. The molecule has 2 heterocycles. The van der Waals surface area contributed by atoms with Crippen molar-refractivity contribution in [2.24, 2.45) is 20.5 Å². The Labute approximate surface area is 77.2 Å². The van der Waals surface area contributed by atoms with Crippen LogP contribution in [0.5, 0.6) is 0 Å². The van der Waals surface area contributed by atoms with Crippen LogP contribution in [0.25, 0.3) is 0 Å². The Morgan fingerprint density at radius 1 is 0.929 bits per heavy atom. The summed E-state index contributed by atoms with van der Waals surface area (Å²) in [4.78, 5) is 29.6. The first-order valence-electron chi connectivity index (χ1n) is 3.69. The molecule has 0 N–H and O–H groups in total. The van der Waals surface area contributed by atoms with Gasteiger partial charge in [0.15, 0.2) is 0 Å². The van der Waals surface area contributed by atoms with Crippen LogP contribution in [-0.2, 0) is 19.3 Å². The molecule has 0 aromatic carbocycles. The summed E-state index contributed by atoms with van der Waals surface area (Å²) in [5.41, 5.74) is 0. The number of carbonyl (C=O) groups excluding carboxylic acids is 2. The first kappa shape index (κ1) is 8.48. The Bertz CT molecular complexity index is 347. The van der Waals surface area contributed by atoms with Gasteiger partial charge in [0.25, 0.3) is 0 Å². The first-order valence-corrected chi connectivity index (χ1v) is 3.69. The molecule has 0 fully saturated rings. The van der Waals surface area contributed by atoms with Crippen LogP contribution < -0.4 is 0 Å². The molecule has 8 heteroatoms. The van der Waals surface area contributed by atoms with Crippen LogP contribution in [0, 0.1) is 0 Å². The van der Waals surface area contributed by atoms with Crippen molar-refractivity contribution in [1.82, 2.24) is 0 Å². The first-order chi connectivity index (χ1) is 6.74. The molecule has 2 rings (SSSR count). The quantitative estimate of drug-likeness (QED) is 0.400. The molecule has 0 bridgehead atoms. The second-order valence-corrected chi connectivity index (χ2v) is 2.50. The molecule has 0 aromatic rings. The molecule has 0 atom stereocenters. The molecule has 0 amide bonds. The van der Waals surface area contributed by atoms with Gasteiger partial charge in [-0.25, -0.2) is 9.59 Å². The minimum Gasteiger partial charge on any atom is -0.316 e. The number of azo groups is 1. The standard InChI is InChI=1S/C6H4N4O4/c11-5-1-3(9-13-5)7-8-4-2-6(12)14-10-4/h1-2H2. The van der Waals surface area contributed by atoms with Crippen LogP contribution in [0.2, 0.25) is 0 Å². The Morgan fingerprint density at radius 3 is 1.64 bits per heavy atom. The average Bonchev–Trinajstić information content (AvgIpc) is 2.72. The van der Waals surface area contributed by atoms with Crippen LogP contribution in [0.15, 0.2) is 20.5 Å². The van der Waals surface area contributed by atoms with E-state index in [-0.39, 0.29) is 24.5 Å². The smallest absolute Gasteiger partial charge is 0.316 e. The van der Waals surface area contributed by atoms with Gasteiger partial charge in [0.05, 0.1) is 0 Å². The summed E-state index contributed by atoms with van der Waals surface area (Å²) in [7, 11) is 0. The van der Waals surface area contributed by atoms with E-state index >= 15 is 0 Å². The zero-order valence-corrected chi connectivity index (χ0v) is 6.84. The van der Waals surface area contributed by atoms with Crippen molar-refractivity contribution in [1.29, 1.82) is 0 Å². The summed E-state index contributed by atoms with van der Waals surface area (Å²) in [5, 5.41) is 13.8. The number of rotatable bonds is 0. The van der Waals surface area contributed by atoms with Crippen LogP contribution in [-0.4, -0.2) is 23.6 Å². The maximum Gasteiger partial charge on any atom is 0.342 e. The third-order valence-electron chi connectivity index (χ3n) is 1.39. The fraction of sp³-hybridized carbons (Fsp3) is 0.333. The minimum atomic E-state index is -0.486. The molecule has 0 spiro atoms. The predicted molar refractivity (Wildman–Crippen MR) is 41.1 cm³/mol. The van der Waals surface area contributed by atoms with Crippen molar-refractivity contribution >= 4 is 23.6 Å². The van der Waals surface area contributed by atoms with Gasteiger partial charge in [-0.05, 0) is 0 Å². The summed E-state index contributed by atoms with van der Waals surface area (Å²) in [6.07, 6.45) is -0.0445. The van der Waals surface area contributed by atoms with E-state index in [4.69, 9.17) is 0 Å². The molecule has 0 aliphatic carbocycles. The molecule has 2 aliphatic rings. The van der Waals surface area contributed by atoms with Crippen molar-refractivity contribution < 1.29 is 19.3 Å². The van der Waals surface area contributed by atoms with Gasteiger partial charge in [0, 0.05) is 0 Å². The molecule has 8 nitrogen and oxygen atoms in total. The van der Waals surface area contributed by atoms with Crippen molar-refractivity contribution in [3.63, 3.8) is 0 Å². The van der Waals surface area contributed by atoms with E-state index < -0.39 is 11.9 Å². The second-order valence-electron chi connectivity index (χ2n) is 2.50. The Kier molecular flexibility index (Phi) is 2.01. The van der Waals surface area contributed by atoms with Crippen LogP contribution in [0.1, 0.15) is 12.8 Å². The highest BCUT2D eigenvalue weighted by Crippen LogP contribution is 2.07. The summed E-state index contributed by atoms with van der Waals surface area (Å²) in [6, 6.07) is 0. The van der Waals surface area contributed by atoms with E-state index in [9.17, 15) is 9.59 Å². The summed E-state index contributed by atoms with van der Waals surface area (Å²) in [5.74, 6) is -0.673. The SMILES string of the molecule is O=C1CC(N=NC2=NOC(=O)C2)=NO1. The minimum absolute atomic E-state index is 0.0222. The maximum absolute atomic E-state index is 10.6. The van der Waals surface area contributed by atoms with Crippen molar-refractivity contribution in [2.45, 2.75) is 12.8 Å². The highest BCUT2D eigenvalue weighted by Gasteiger charge is 2.19. The topological polar surface area (TPSA) is 102 Å². The fourth-order valence-electron chi connectivity index (χ4n) is 0.817. The van der Waals surface area contributed by atoms with Crippen molar-refractivity contribution in [2.75, 3.05) is 0 Å². The van der Waals surface area contributed by atoms with Gasteiger partial charge in [-0.15, -0.1) is 10.2 Å². The Morgan fingerprint density at radius 2 is 1.36 bits per heavy atom. The predicted octanol–water partition coefficient (Wildman–Crippen LogP) is -0.0406. The number of carbonyl (C=O) groups is 2. The number of hydrogen-bond acceptors (Lipinski definition) is 8. The molecule has 2 aliphatic heterocycles. The lowest BCUT2D eigenvalue weighted by molar-refractivity contribution is -0.140. The van der Waals surface area contributed by atoms with E-state index in [0.29, 0.717) is 0 Å². The maximum atomic E-state index is 10.6. The molecule has 0 saturated heterocycles. The lowest BCUT2D eigenvalue weighted by Crippen LogP contribution is -1.97. The molecule has 0 saturated carbocycles. The third kappa shape index (κ3) is 1.79. The van der Waals surface area contributed by atoms with E-state index in [2.05, 4.69) is 30.2 Å². The normalized spacial score (nSPS) is 20.9. The van der Waals surface area contributed by atoms with Crippen molar-refractivity contribution in [3.05, 3.63) is 0 Å². The van der Waals surface area contributed by atoms with E-state index in [1.807, 2.05) is 0 Å². The monoisotopic (exact) mass is 196 g/mol. The van der Waals surface area contributed by atoms with Gasteiger partial charge in [-0.1, -0.05) is 10.3 Å². The summed E-state index contributed by atoms with van der Waals surface area (Å²) in [6.45, 7) is 0. The van der Waals surface area contributed by atoms with Gasteiger partial charge >= 0.3 is 11.9 Å². The molecule has 0 unspecified atom stereocenters. The largest absolute Gasteiger partial charge is 0.342 e. The lowest BCUT2D eigenvalue weighted by atomic mass is 10.4. The van der Waals surface area contributed by atoms with Gasteiger partial charge < -0.3 is 9.68 Å². The number of hydrogen-bond donors (Lipinski definition) is 0. The molecule has 14 heavy (non-hydrogen) atoms. The van der Waals surface area contributed by atoms with Crippen LogP contribution in [0.4, 0.5) is 0 Å². The van der Waals surface area contributed by atoms with E-state index in [1.54, 1.807) is 0 Å². The lowest BCUT2D eigenvalue weighted by Gasteiger charge is -1.82. The fourth-order valence-corrected chi connectivity index (χ4v) is 0.817. The molecule has 72 valence electrons. The van der Waals surface area contributed by atoms with Gasteiger partial charge in [-0.3, -0.25) is 0 Å². The number of amidine groups is 2. The van der Waals surface area contributed by atoms with Gasteiger partial charge in [0.1, 0.15) is 12.8 Å². The van der Waals surface area contributed by atoms with E-state index in [1.165, 1.54) is 0 Å². The summed E-state index contributed by atoms with van der Waals surface area (Å²) < 4.78 is 0. The number of oxime groups is 2. The summed E-state index contributed by atoms with van der Waals surface area (Å²) >= 11 is 0. The van der Waals surface area contributed by atoms with Gasteiger partial charge in [0.2, 0.25) is 11.7 Å². The highest BCUT2D eigenvalue weighted by molar-refractivity contribution is 6.03. The van der Waals surface area contributed by atoms with Crippen LogP contribution in [0.3, 0.4) is 0 Å². The van der Waals surface area contributed by atoms with E-state index in [0.717, 1.165) is 0 Å². The Hall–Kier alpha value is -2.12. The van der Waals surface area contributed by atoms with Crippen molar-refractivity contribution in [3.8, 4) is 0 Å². The molecule has 0 radical (unpaired) electrons. The Balaban J connectivity index is 1.95. The van der Waals surface area contributed by atoms with Crippen LogP contribution >= 0.6 is 0 Å². The zero-order valence-electron chi connectivity index (χ0n) is 6.84. The number of nitrogens with zero attached hydrogens (tertiary/aromatic N) is 4. The van der Waals surface area contributed by atoms with Gasteiger partial charge in [-0.2, -0.15) is 0 Å². The molecular weight excluding hydrogens is 192 g/mol.